The van der Waals surface area contributed by atoms with Crippen molar-refractivity contribution >= 4 is 11.5 Å². The van der Waals surface area contributed by atoms with Crippen LogP contribution in [-0.4, -0.2) is 52.2 Å². The molecule has 0 spiro atoms. The lowest BCUT2D eigenvalue weighted by Gasteiger charge is -2.30. The van der Waals surface area contributed by atoms with E-state index in [1.165, 1.54) is 0 Å². The lowest BCUT2D eigenvalue weighted by Crippen LogP contribution is -3.00. The van der Waals surface area contributed by atoms with Crippen molar-refractivity contribution in [2.24, 2.45) is 0 Å². The summed E-state index contributed by atoms with van der Waals surface area (Å²) in [4.78, 5) is 0. The molecule has 0 aliphatic heterocycles. The third-order valence-corrected chi connectivity index (χ3v) is 5.74. The average Bonchev–Trinajstić information content (AvgIpc) is 2.33. The van der Waals surface area contributed by atoms with Crippen molar-refractivity contribution in [3.63, 3.8) is 0 Å². The van der Waals surface area contributed by atoms with E-state index in [0.29, 0.717) is 0 Å². The molecule has 0 saturated heterocycles. The third-order valence-electron chi connectivity index (χ3n) is 2.81. The first kappa shape index (κ1) is 19.9. The molecule has 5 heteroatoms. The molecule has 0 atom stereocenters. The van der Waals surface area contributed by atoms with Gasteiger partial charge in [0.25, 0.3) is 11.5 Å². The molecule has 0 rings (SSSR count). The summed E-state index contributed by atoms with van der Waals surface area (Å²) in [6.45, 7) is 20.4. The lowest BCUT2D eigenvalue weighted by molar-refractivity contribution is -0.00000408. The van der Waals surface area contributed by atoms with E-state index in [4.69, 9.17) is 0 Å². The zero-order chi connectivity index (χ0) is 12.6. The van der Waals surface area contributed by atoms with Gasteiger partial charge in [-0.1, -0.05) is 12.9 Å². The highest BCUT2D eigenvalue weighted by Gasteiger charge is 2.38. The minimum absolute atomic E-state index is 0. The molecular weight excluding hydrogens is 254 g/mol. The van der Waals surface area contributed by atoms with Crippen LogP contribution in [0.1, 0.15) is 41.5 Å². The highest BCUT2D eigenvalue weighted by atomic mass is 35.5. The summed E-state index contributed by atoms with van der Waals surface area (Å²) >= 11 is 0.162. The van der Waals surface area contributed by atoms with Gasteiger partial charge in [0.15, 0.2) is 0 Å². The quantitative estimate of drug-likeness (QED) is 0.522. The standard InChI is InChI=1S/C12H30N3S.ClH/c1-7-13(8-2)16(14(9-3)10-4)15(11-5)12-6;/h7-12H2,1-6H3;1H/q+1;/p-1. The Labute approximate surface area is 118 Å². The maximum Gasteiger partial charge on any atom is 0.267 e. The molecule has 0 bridgehead atoms. The van der Waals surface area contributed by atoms with Gasteiger partial charge in [0.1, 0.15) is 0 Å². The van der Waals surface area contributed by atoms with Crippen molar-refractivity contribution in [3.05, 3.63) is 0 Å². The van der Waals surface area contributed by atoms with Crippen LogP contribution in [0.4, 0.5) is 0 Å². The van der Waals surface area contributed by atoms with Crippen LogP contribution in [0.15, 0.2) is 0 Å². The molecule has 0 aromatic carbocycles. The molecule has 106 valence electrons. The molecule has 0 unspecified atom stereocenters. The van der Waals surface area contributed by atoms with Gasteiger partial charge in [-0.25, -0.2) is 0 Å². The Morgan fingerprint density at radius 2 is 0.706 bits per heavy atom. The summed E-state index contributed by atoms with van der Waals surface area (Å²) in [6.07, 6.45) is 0. The Bertz CT molecular complexity index is 131. The van der Waals surface area contributed by atoms with E-state index in [0.717, 1.165) is 39.3 Å². The predicted molar refractivity (Wildman–Crippen MR) is 76.1 cm³/mol. The van der Waals surface area contributed by atoms with E-state index in [2.05, 4.69) is 54.5 Å². The summed E-state index contributed by atoms with van der Waals surface area (Å²) < 4.78 is 7.71. The highest BCUT2D eigenvalue weighted by molar-refractivity contribution is 7.90. The molecule has 0 N–H and O–H groups in total. The van der Waals surface area contributed by atoms with Crippen LogP contribution < -0.4 is 12.4 Å². The second-order valence-electron chi connectivity index (χ2n) is 3.59. The number of nitrogens with zero attached hydrogens (tertiary/aromatic N) is 3. The van der Waals surface area contributed by atoms with E-state index >= 15 is 0 Å². The molecule has 0 saturated carbocycles. The molecule has 0 aromatic rings. The van der Waals surface area contributed by atoms with E-state index in [1.807, 2.05) is 0 Å². The van der Waals surface area contributed by atoms with E-state index < -0.39 is 0 Å². The smallest absolute Gasteiger partial charge is 0.267 e. The Morgan fingerprint density at radius 3 is 0.824 bits per heavy atom. The Morgan fingerprint density at radius 1 is 0.529 bits per heavy atom. The summed E-state index contributed by atoms with van der Waals surface area (Å²) in [6, 6.07) is 0. The normalized spacial score (nSPS) is 11.6. The van der Waals surface area contributed by atoms with E-state index in [-0.39, 0.29) is 23.9 Å². The van der Waals surface area contributed by atoms with Crippen LogP contribution in [0.2, 0.25) is 0 Å². The molecule has 3 nitrogen and oxygen atoms in total. The molecule has 17 heavy (non-hydrogen) atoms. The Kier molecular flexibility index (Phi) is 13.5. The zero-order valence-corrected chi connectivity index (χ0v) is 13.9. The second kappa shape index (κ2) is 11.6. The first-order valence-corrected chi connectivity index (χ1v) is 7.78. The fraction of sp³-hybridized carbons (Fsp3) is 1.00. The van der Waals surface area contributed by atoms with Crippen molar-refractivity contribution in [3.8, 4) is 0 Å². The molecule has 0 aromatic heterocycles. The number of hydrogen-bond acceptors (Lipinski definition) is 3. The number of halogens is 1. The van der Waals surface area contributed by atoms with Crippen LogP contribution in [-0.2, 0) is 11.5 Å². The van der Waals surface area contributed by atoms with Gasteiger partial charge in [-0.3, -0.25) is 0 Å². The molecule has 0 aliphatic rings. The lowest BCUT2D eigenvalue weighted by atomic mass is 10.7. The van der Waals surface area contributed by atoms with Gasteiger partial charge < -0.3 is 12.4 Å². The van der Waals surface area contributed by atoms with Crippen LogP contribution in [0.3, 0.4) is 0 Å². The van der Waals surface area contributed by atoms with E-state index in [1.54, 1.807) is 0 Å². The Balaban J connectivity index is 0. The van der Waals surface area contributed by atoms with Gasteiger partial charge in [-0.05, 0) is 41.5 Å². The summed E-state index contributed by atoms with van der Waals surface area (Å²) in [7, 11) is 0. The molecule has 0 aliphatic carbocycles. The monoisotopic (exact) mass is 283 g/mol. The topological polar surface area (TPSA) is 9.72 Å². The molecule has 0 heterocycles. The van der Waals surface area contributed by atoms with Crippen molar-refractivity contribution in [2.45, 2.75) is 41.5 Å². The fourth-order valence-electron chi connectivity index (χ4n) is 1.85. The average molecular weight is 284 g/mol. The SMILES string of the molecule is CCN(CC)[S+](N(CC)CC)N(CC)CC.[Cl-]. The van der Waals surface area contributed by atoms with Gasteiger partial charge in [0, 0.05) is 39.3 Å². The first-order valence-electron chi connectivity index (χ1n) is 6.69. The van der Waals surface area contributed by atoms with Gasteiger partial charge in [0.05, 0.1) is 0 Å². The first-order chi connectivity index (χ1) is 7.69. The fourth-order valence-corrected chi connectivity index (χ4v) is 4.22. The second-order valence-corrected chi connectivity index (χ2v) is 5.63. The van der Waals surface area contributed by atoms with Crippen molar-refractivity contribution < 1.29 is 12.4 Å². The van der Waals surface area contributed by atoms with Gasteiger partial charge in [0.2, 0.25) is 0 Å². The molecule has 0 amide bonds. The van der Waals surface area contributed by atoms with Crippen LogP contribution >= 0.6 is 0 Å². The third kappa shape index (κ3) is 5.79. The van der Waals surface area contributed by atoms with Crippen molar-refractivity contribution in [1.29, 1.82) is 0 Å². The largest absolute Gasteiger partial charge is 1.00 e. The van der Waals surface area contributed by atoms with Crippen molar-refractivity contribution in [1.82, 2.24) is 12.9 Å². The number of rotatable bonds is 9. The Hall–Kier alpha value is 0.520. The molecular formula is C12H30ClN3S. The molecule has 0 radical (unpaired) electrons. The number of hydrogen-bond donors (Lipinski definition) is 0. The van der Waals surface area contributed by atoms with Gasteiger partial charge in [-0.15, -0.1) is 0 Å². The van der Waals surface area contributed by atoms with Crippen LogP contribution in [0.25, 0.3) is 0 Å². The molecule has 0 fully saturated rings. The van der Waals surface area contributed by atoms with Crippen LogP contribution in [0, 0.1) is 0 Å². The maximum atomic E-state index is 2.57. The van der Waals surface area contributed by atoms with Gasteiger partial charge >= 0.3 is 0 Å². The summed E-state index contributed by atoms with van der Waals surface area (Å²) in [5.41, 5.74) is 0. The van der Waals surface area contributed by atoms with Crippen LogP contribution in [0.5, 0.6) is 0 Å². The van der Waals surface area contributed by atoms with Gasteiger partial charge in [-0.2, -0.15) is 0 Å². The summed E-state index contributed by atoms with van der Waals surface area (Å²) in [5, 5.41) is 0. The highest BCUT2D eigenvalue weighted by Crippen LogP contribution is 2.16. The maximum absolute atomic E-state index is 2.57. The zero-order valence-electron chi connectivity index (χ0n) is 12.4. The predicted octanol–water partition coefficient (Wildman–Crippen LogP) is -0.621. The minimum Gasteiger partial charge on any atom is -1.00 e. The minimum atomic E-state index is 0. The summed E-state index contributed by atoms with van der Waals surface area (Å²) in [5.74, 6) is 0. The van der Waals surface area contributed by atoms with E-state index in [9.17, 15) is 0 Å². The van der Waals surface area contributed by atoms with Crippen molar-refractivity contribution in [2.75, 3.05) is 39.3 Å².